The lowest BCUT2D eigenvalue weighted by Gasteiger charge is -2.23. The number of aromatic nitrogens is 3. The van der Waals surface area contributed by atoms with Crippen LogP contribution in [0.1, 0.15) is 11.1 Å². The fourth-order valence-electron chi connectivity index (χ4n) is 3.39. The monoisotopic (exact) mass is 483 g/mol. The van der Waals surface area contributed by atoms with Gasteiger partial charge in [0.05, 0.1) is 18.7 Å². The summed E-state index contributed by atoms with van der Waals surface area (Å²) >= 11 is 2.89. The molecular weight excluding hydrogens is 458 g/mol. The number of amides is 2. The van der Waals surface area contributed by atoms with Crippen LogP contribution < -0.4 is 10.1 Å². The maximum atomic E-state index is 13.0. The highest BCUT2D eigenvalue weighted by Gasteiger charge is 2.34. The predicted octanol–water partition coefficient (Wildman–Crippen LogP) is 3.53. The molecule has 4 rings (SSSR count). The smallest absolute Gasteiger partial charge is 0.248 e. The molecule has 0 saturated carbocycles. The molecule has 1 aliphatic heterocycles. The van der Waals surface area contributed by atoms with Crippen molar-refractivity contribution in [3.63, 3.8) is 0 Å². The third kappa shape index (κ3) is 5.33. The van der Waals surface area contributed by atoms with Gasteiger partial charge in [0.25, 0.3) is 0 Å². The number of rotatable bonds is 7. The summed E-state index contributed by atoms with van der Waals surface area (Å²) in [7, 11) is 1.59. The van der Waals surface area contributed by atoms with Gasteiger partial charge >= 0.3 is 0 Å². The number of carbonyl (C=O) groups is 2. The second kappa shape index (κ2) is 10.3. The highest BCUT2D eigenvalue weighted by Crippen LogP contribution is 2.26. The van der Waals surface area contributed by atoms with Gasteiger partial charge in [-0.1, -0.05) is 17.8 Å². The number of hydrogen-bond donors (Lipinski definition) is 1. The summed E-state index contributed by atoms with van der Waals surface area (Å²) in [6, 6.07) is 12.7. The Morgan fingerprint density at radius 2 is 1.97 bits per heavy atom. The van der Waals surface area contributed by atoms with E-state index in [0.717, 1.165) is 5.69 Å². The Hall–Kier alpha value is -2.98. The Morgan fingerprint density at radius 1 is 1.18 bits per heavy atom. The van der Waals surface area contributed by atoms with Crippen LogP contribution in [0.5, 0.6) is 5.75 Å². The van der Waals surface area contributed by atoms with Crippen molar-refractivity contribution >= 4 is 41.0 Å². The van der Waals surface area contributed by atoms with E-state index in [1.54, 1.807) is 54.4 Å². The van der Waals surface area contributed by atoms with E-state index in [2.05, 4.69) is 41.5 Å². The number of methoxy groups -OCH3 is 1. The largest absolute Gasteiger partial charge is 0.497 e. The molecule has 0 radical (unpaired) electrons. The van der Waals surface area contributed by atoms with E-state index in [9.17, 15) is 9.59 Å². The molecule has 1 unspecified atom stereocenters. The van der Waals surface area contributed by atoms with Crippen molar-refractivity contribution in [1.29, 1.82) is 0 Å². The van der Waals surface area contributed by atoms with Crippen LogP contribution in [0.3, 0.4) is 0 Å². The molecular formula is C23H25N5O3S2. The zero-order valence-corrected chi connectivity index (χ0v) is 20.3. The van der Waals surface area contributed by atoms with Crippen molar-refractivity contribution in [2.24, 2.45) is 0 Å². The summed E-state index contributed by atoms with van der Waals surface area (Å²) in [5.41, 5.74) is 4.00. The number of hydrogen-bond acceptors (Lipinski definition) is 7. The topological polar surface area (TPSA) is 89.3 Å². The molecule has 8 nitrogen and oxygen atoms in total. The number of benzene rings is 2. The standard InChI is InChI=1S/C23H25N5O3S2/c1-15-4-7-18(10-16(15)2)27-13-24-26-23(27)33-12-21(29)28-14-32-11-20(28)22(30)25-17-5-8-19(31-3)9-6-17/h4-10,13,20H,11-12,14H2,1-3H3,(H,25,30). The molecule has 1 saturated heterocycles. The maximum Gasteiger partial charge on any atom is 0.248 e. The van der Waals surface area contributed by atoms with Crippen LogP contribution in [0.25, 0.3) is 5.69 Å². The van der Waals surface area contributed by atoms with E-state index in [0.29, 0.717) is 28.2 Å². The number of carbonyl (C=O) groups excluding carboxylic acids is 2. The van der Waals surface area contributed by atoms with E-state index in [-0.39, 0.29) is 17.6 Å². The first-order valence-electron chi connectivity index (χ1n) is 10.4. The minimum atomic E-state index is -0.511. The van der Waals surface area contributed by atoms with Gasteiger partial charge in [0.2, 0.25) is 11.8 Å². The summed E-state index contributed by atoms with van der Waals surface area (Å²) < 4.78 is 7.02. The number of aryl methyl sites for hydroxylation is 2. The third-order valence-electron chi connectivity index (χ3n) is 5.47. The van der Waals surface area contributed by atoms with Gasteiger partial charge in [-0.25, -0.2) is 0 Å². The molecule has 172 valence electrons. The number of ether oxygens (including phenoxy) is 1. The zero-order valence-electron chi connectivity index (χ0n) is 18.6. The molecule has 2 heterocycles. The summed E-state index contributed by atoms with van der Waals surface area (Å²) in [5, 5.41) is 11.7. The van der Waals surface area contributed by atoms with E-state index in [1.165, 1.54) is 22.9 Å². The number of anilines is 1. The van der Waals surface area contributed by atoms with Crippen molar-refractivity contribution in [2.45, 2.75) is 25.0 Å². The van der Waals surface area contributed by atoms with Crippen LogP contribution >= 0.6 is 23.5 Å². The molecule has 1 fully saturated rings. The second-order valence-electron chi connectivity index (χ2n) is 7.64. The zero-order chi connectivity index (χ0) is 23.4. The lowest BCUT2D eigenvalue weighted by Crippen LogP contribution is -2.45. The molecule has 0 bridgehead atoms. The number of thioether (sulfide) groups is 2. The molecule has 1 aromatic heterocycles. The lowest BCUT2D eigenvalue weighted by atomic mass is 10.1. The SMILES string of the molecule is COc1ccc(NC(=O)C2CSCN2C(=O)CSc2nncn2-c2ccc(C)c(C)c2)cc1. The Balaban J connectivity index is 1.38. The third-order valence-corrected chi connectivity index (χ3v) is 7.41. The summed E-state index contributed by atoms with van der Waals surface area (Å²) in [6.45, 7) is 4.12. The van der Waals surface area contributed by atoms with Crippen molar-refractivity contribution in [2.75, 3.05) is 29.8 Å². The average Bonchev–Trinajstić information content (AvgIpc) is 3.50. The summed E-state index contributed by atoms with van der Waals surface area (Å²) in [4.78, 5) is 27.4. The maximum absolute atomic E-state index is 13.0. The van der Waals surface area contributed by atoms with E-state index in [1.807, 2.05) is 10.6 Å². The van der Waals surface area contributed by atoms with Gasteiger partial charge in [0, 0.05) is 17.1 Å². The lowest BCUT2D eigenvalue weighted by molar-refractivity contribution is -0.134. The first-order chi connectivity index (χ1) is 16.0. The van der Waals surface area contributed by atoms with Crippen molar-refractivity contribution < 1.29 is 14.3 Å². The molecule has 3 aromatic rings. The Labute approximate surface area is 201 Å². The summed E-state index contributed by atoms with van der Waals surface area (Å²) in [6.07, 6.45) is 1.65. The van der Waals surface area contributed by atoms with E-state index >= 15 is 0 Å². The second-order valence-corrected chi connectivity index (χ2v) is 9.58. The normalized spacial score (nSPS) is 15.5. The fraction of sp³-hybridized carbons (Fsp3) is 0.304. The predicted molar refractivity (Wildman–Crippen MR) is 131 cm³/mol. The average molecular weight is 484 g/mol. The summed E-state index contributed by atoms with van der Waals surface area (Å²) in [5.74, 6) is 1.65. The van der Waals surface area contributed by atoms with Crippen molar-refractivity contribution in [3.05, 3.63) is 59.9 Å². The van der Waals surface area contributed by atoms with Crippen LogP contribution in [0, 0.1) is 13.8 Å². The van der Waals surface area contributed by atoms with Gasteiger partial charge in [0.1, 0.15) is 18.1 Å². The quantitative estimate of drug-likeness (QED) is 0.514. The molecule has 0 spiro atoms. The molecule has 10 heteroatoms. The van der Waals surface area contributed by atoms with Gasteiger partial charge in [0.15, 0.2) is 5.16 Å². The van der Waals surface area contributed by atoms with Gasteiger partial charge in [-0.3, -0.25) is 14.2 Å². The van der Waals surface area contributed by atoms with Gasteiger partial charge in [-0.15, -0.1) is 22.0 Å². The first kappa shape index (κ1) is 23.2. The van der Waals surface area contributed by atoms with Gasteiger partial charge in [-0.05, 0) is 61.4 Å². The van der Waals surface area contributed by atoms with Crippen LogP contribution in [0.2, 0.25) is 0 Å². The minimum absolute atomic E-state index is 0.102. The highest BCUT2D eigenvalue weighted by atomic mass is 32.2. The van der Waals surface area contributed by atoms with Crippen LogP contribution in [0.15, 0.2) is 53.9 Å². The highest BCUT2D eigenvalue weighted by molar-refractivity contribution is 8.00. The number of nitrogens with zero attached hydrogens (tertiary/aromatic N) is 4. The molecule has 2 aromatic carbocycles. The minimum Gasteiger partial charge on any atom is -0.497 e. The van der Waals surface area contributed by atoms with Crippen LogP contribution in [-0.4, -0.2) is 62.0 Å². The van der Waals surface area contributed by atoms with Gasteiger partial charge < -0.3 is 15.0 Å². The Bertz CT molecular complexity index is 1150. The molecule has 1 N–H and O–H groups in total. The molecule has 0 aliphatic carbocycles. The molecule has 2 amide bonds. The van der Waals surface area contributed by atoms with Crippen LogP contribution in [-0.2, 0) is 9.59 Å². The number of nitrogens with one attached hydrogen (secondary N) is 1. The Kier molecular flexibility index (Phi) is 7.24. The first-order valence-corrected chi connectivity index (χ1v) is 12.5. The Morgan fingerprint density at radius 3 is 2.70 bits per heavy atom. The van der Waals surface area contributed by atoms with Crippen molar-refractivity contribution in [3.8, 4) is 11.4 Å². The molecule has 1 aliphatic rings. The van der Waals surface area contributed by atoms with Gasteiger partial charge in [-0.2, -0.15) is 0 Å². The van der Waals surface area contributed by atoms with Crippen LogP contribution in [0.4, 0.5) is 5.69 Å². The molecule has 33 heavy (non-hydrogen) atoms. The van der Waals surface area contributed by atoms with Crippen molar-refractivity contribution in [1.82, 2.24) is 19.7 Å². The fourth-order valence-corrected chi connectivity index (χ4v) is 5.39. The van der Waals surface area contributed by atoms with E-state index < -0.39 is 6.04 Å². The van der Waals surface area contributed by atoms with E-state index in [4.69, 9.17) is 4.74 Å². The molecule has 1 atom stereocenters.